The molecule has 1 aromatic carbocycles. The first-order valence-corrected chi connectivity index (χ1v) is 15.0. The first kappa shape index (κ1) is 28.2. The number of nitriles is 1. The molecule has 2 aliphatic heterocycles. The van der Waals surface area contributed by atoms with Gasteiger partial charge in [0.05, 0.1) is 5.56 Å². The Bertz CT molecular complexity index is 1890. The van der Waals surface area contributed by atoms with Gasteiger partial charge in [0.25, 0.3) is 0 Å². The second-order valence-electron chi connectivity index (χ2n) is 11.1. The van der Waals surface area contributed by atoms with Crippen molar-refractivity contribution in [3.63, 3.8) is 0 Å². The highest BCUT2D eigenvalue weighted by molar-refractivity contribution is 5.84. The Morgan fingerprint density at radius 2 is 1.64 bits per heavy atom. The van der Waals surface area contributed by atoms with Crippen molar-refractivity contribution >= 4 is 34.5 Å². The number of amides is 1. The van der Waals surface area contributed by atoms with Crippen LogP contribution in [-0.4, -0.2) is 86.1 Å². The van der Waals surface area contributed by atoms with E-state index in [1.165, 1.54) is 5.56 Å². The number of carbonyl (C=O) groups is 1. The zero-order chi connectivity index (χ0) is 30.8. The predicted octanol–water partition coefficient (Wildman–Crippen LogP) is 2.37. The van der Waals surface area contributed by atoms with E-state index in [1.54, 1.807) is 12.4 Å². The highest BCUT2D eigenvalue weighted by Gasteiger charge is 2.22. The van der Waals surface area contributed by atoms with Gasteiger partial charge in [-0.2, -0.15) is 5.26 Å². The molecule has 2 saturated heterocycles. The van der Waals surface area contributed by atoms with Crippen LogP contribution in [0, 0.1) is 11.3 Å². The second kappa shape index (κ2) is 12.2. The number of fused-ring (bicyclic) bond motifs is 1. The Kier molecular flexibility index (Phi) is 7.62. The van der Waals surface area contributed by atoms with Crippen molar-refractivity contribution in [3.8, 4) is 23.1 Å². The van der Waals surface area contributed by atoms with Crippen LogP contribution < -0.4 is 20.9 Å². The summed E-state index contributed by atoms with van der Waals surface area (Å²) in [6.07, 6.45) is 3.73. The molecule has 2 aliphatic rings. The number of piperazine rings is 1. The molecule has 0 aliphatic carbocycles. The number of pyridine rings is 2. The summed E-state index contributed by atoms with van der Waals surface area (Å²) in [5.41, 5.74) is 10.6. The lowest BCUT2D eigenvalue weighted by Gasteiger charge is -2.35. The van der Waals surface area contributed by atoms with Crippen LogP contribution in [0.15, 0.2) is 67.0 Å². The number of hydrogen-bond acceptors (Lipinski definition) is 11. The van der Waals surface area contributed by atoms with Crippen LogP contribution in [-0.2, 0) is 11.3 Å². The Hall–Kier alpha value is -5.61. The third kappa shape index (κ3) is 5.83. The molecule has 0 spiro atoms. The van der Waals surface area contributed by atoms with Gasteiger partial charge in [-0.25, -0.2) is 24.9 Å². The molecule has 0 saturated carbocycles. The number of nitrogens with zero attached hydrogens (tertiary/aromatic N) is 10. The minimum atomic E-state index is 0.0554. The number of rotatable bonds is 6. The number of hydrogen-bond donors (Lipinski definition) is 2. The summed E-state index contributed by atoms with van der Waals surface area (Å²) in [5, 5.41) is 12.1. The van der Waals surface area contributed by atoms with Crippen LogP contribution in [0.2, 0.25) is 0 Å². The molecule has 45 heavy (non-hydrogen) atoms. The SMILES string of the molecule is N#Cc1nccc(N2CCN(Cc3ccc(-n4c(-c5cccnc5N)nc5ccc(N6CCNC(=O)CC6)nc54)cc3)CC2)n1. The predicted molar refractivity (Wildman–Crippen MR) is 171 cm³/mol. The van der Waals surface area contributed by atoms with E-state index >= 15 is 0 Å². The zero-order valence-electron chi connectivity index (χ0n) is 24.7. The van der Waals surface area contributed by atoms with Gasteiger partial charge in [-0.15, -0.1) is 0 Å². The normalized spacial score (nSPS) is 15.9. The van der Waals surface area contributed by atoms with E-state index in [0.717, 1.165) is 61.1 Å². The van der Waals surface area contributed by atoms with Crippen molar-refractivity contribution in [3.05, 3.63) is 78.4 Å². The van der Waals surface area contributed by atoms with E-state index < -0.39 is 0 Å². The molecule has 5 aromatic rings. The summed E-state index contributed by atoms with van der Waals surface area (Å²) in [5.74, 6) is 2.90. The standard InChI is InChI=1S/C32H32N12O/c33-20-26-35-12-9-28(39-26)43-18-16-41(17-19-43)21-22-3-5-23(6-4-22)44-31(24-2-1-11-37-30(24)34)38-25-7-8-27(40-32(25)44)42-14-10-29(45)36-13-15-42/h1-9,11-12H,10,13-19,21H2,(H2,34,37)(H,36,45). The lowest BCUT2D eigenvalue weighted by molar-refractivity contribution is -0.120. The first-order valence-electron chi connectivity index (χ1n) is 15.0. The smallest absolute Gasteiger partial charge is 0.234 e. The van der Waals surface area contributed by atoms with Crippen molar-refractivity contribution in [2.45, 2.75) is 13.0 Å². The van der Waals surface area contributed by atoms with Crippen LogP contribution in [0.25, 0.3) is 28.2 Å². The van der Waals surface area contributed by atoms with E-state index in [1.807, 2.05) is 41.0 Å². The van der Waals surface area contributed by atoms with Crippen molar-refractivity contribution in [2.24, 2.45) is 0 Å². The van der Waals surface area contributed by atoms with Gasteiger partial charge in [-0.1, -0.05) is 12.1 Å². The number of imidazole rings is 1. The highest BCUT2D eigenvalue weighted by Crippen LogP contribution is 2.31. The average molecular weight is 601 g/mol. The van der Waals surface area contributed by atoms with Gasteiger partial charge in [0.1, 0.15) is 29.0 Å². The molecule has 4 aromatic heterocycles. The van der Waals surface area contributed by atoms with Crippen LogP contribution in [0.4, 0.5) is 17.5 Å². The van der Waals surface area contributed by atoms with Gasteiger partial charge < -0.3 is 20.9 Å². The number of nitrogens with two attached hydrogens (primary N) is 1. The van der Waals surface area contributed by atoms with Gasteiger partial charge in [-0.05, 0) is 48.0 Å². The van der Waals surface area contributed by atoms with Gasteiger partial charge >= 0.3 is 0 Å². The summed E-state index contributed by atoms with van der Waals surface area (Å²) in [6.45, 7) is 6.10. The third-order valence-electron chi connectivity index (χ3n) is 8.24. The van der Waals surface area contributed by atoms with E-state index in [2.05, 4.69) is 59.2 Å². The fourth-order valence-corrected chi connectivity index (χ4v) is 5.87. The fourth-order valence-electron chi connectivity index (χ4n) is 5.87. The minimum absolute atomic E-state index is 0.0554. The molecule has 13 nitrogen and oxygen atoms in total. The lowest BCUT2D eigenvalue weighted by Crippen LogP contribution is -2.46. The Morgan fingerprint density at radius 1 is 0.844 bits per heavy atom. The maximum absolute atomic E-state index is 11.9. The largest absolute Gasteiger partial charge is 0.383 e. The Labute approximate surface area is 260 Å². The number of aromatic nitrogens is 6. The summed E-state index contributed by atoms with van der Waals surface area (Å²) < 4.78 is 2.03. The van der Waals surface area contributed by atoms with Gasteiger partial charge in [0, 0.05) is 76.9 Å². The van der Waals surface area contributed by atoms with Gasteiger partial charge in [0.2, 0.25) is 11.7 Å². The molecule has 226 valence electrons. The summed E-state index contributed by atoms with van der Waals surface area (Å²) >= 11 is 0. The number of nitrogens with one attached hydrogen (secondary N) is 1. The van der Waals surface area contributed by atoms with Crippen molar-refractivity contribution in [1.82, 2.24) is 39.7 Å². The van der Waals surface area contributed by atoms with E-state index in [0.29, 0.717) is 43.3 Å². The molecule has 0 radical (unpaired) electrons. The summed E-state index contributed by atoms with van der Waals surface area (Å²) in [6, 6.07) is 20.0. The topological polar surface area (TPSA) is 158 Å². The van der Waals surface area contributed by atoms with E-state index in [9.17, 15) is 4.79 Å². The number of benzene rings is 1. The molecule has 13 heteroatoms. The molecule has 7 rings (SSSR count). The third-order valence-corrected chi connectivity index (χ3v) is 8.24. The van der Waals surface area contributed by atoms with E-state index in [4.69, 9.17) is 21.0 Å². The van der Waals surface area contributed by atoms with Crippen LogP contribution in [0.1, 0.15) is 17.8 Å². The molecule has 0 atom stereocenters. The quantitative estimate of drug-likeness (QED) is 0.295. The van der Waals surface area contributed by atoms with Crippen LogP contribution >= 0.6 is 0 Å². The van der Waals surface area contributed by atoms with Crippen molar-refractivity contribution < 1.29 is 4.79 Å². The average Bonchev–Trinajstić information content (AvgIpc) is 3.31. The molecule has 1 amide bonds. The minimum Gasteiger partial charge on any atom is -0.383 e. The van der Waals surface area contributed by atoms with Crippen molar-refractivity contribution in [1.29, 1.82) is 5.26 Å². The maximum atomic E-state index is 11.9. The number of carbonyl (C=O) groups excluding carboxylic acids is 1. The maximum Gasteiger partial charge on any atom is 0.234 e. The molecule has 0 bridgehead atoms. The highest BCUT2D eigenvalue weighted by atomic mass is 16.1. The number of anilines is 3. The van der Waals surface area contributed by atoms with Gasteiger partial charge in [0.15, 0.2) is 11.5 Å². The molecular formula is C32H32N12O. The van der Waals surface area contributed by atoms with Crippen molar-refractivity contribution in [2.75, 3.05) is 61.3 Å². The lowest BCUT2D eigenvalue weighted by atomic mass is 10.1. The number of nitrogen functional groups attached to an aromatic ring is 1. The molecule has 3 N–H and O–H groups in total. The molecular weight excluding hydrogens is 568 g/mol. The molecule has 0 unspecified atom stereocenters. The van der Waals surface area contributed by atoms with Crippen LogP contribution in [0.5, 0.6) is 0 Å². The first-order chi connectivity index (χ1) is 22.1. The fraction of sp³-hybridized carbons (Fsp3) is 0.281. The monoisotopic (exact) mass is 600 g/mol. The molecule has 2 fully saturated rings. The van der Waals surface area contributed by atoms with Gasteiger partial charge in [-0.3, -0.25) is 14.3 Å². The zero-order valence-corrected chi connectivity index (χ0v) is 24.7. The van der Waals surface area contributed by atoms with Crippen LogP contribution in [0.3, 0.4) is 0 Å². The second-order valence-corrected chi connectivity index (χ2v) is 11.1. The Balaban J connectivity index is 1.15. The summed E-state index contributed by atoms with van der Waals surface area (Å²) in [7, 11) is 0. The Morgan fingerprint density at radius 3 is 2.44 bits per heavy atom. The van der Waals surface area contributed by atoms with E-state index in [-0.39, 0.29) is 11.7 Å². The summed E-state index contributed by atoms with van der Waals surface area (Å²) in [4.78, 5) is 41.3. The molecule has 6 heterocycles.